The Kier molecular flexibility index (Phi) is 6.35. The van der Waals surface area contributed by atoms with Crippen LogP contribution in [0.2, 0.25) is 0 Å². The number of furan rings is 1. The lowest BCUT2D eigenvalue weighted by Gasteiger charge is -2.10. The second-order valence-corrected chi connectivity index (χ2v) is 6.48. The normalized spacial score (nSPS) is 13.5. The van der Waals surface area contributed by atoms with Gasteiger partial charge in [0, 0.05) is 30.5 Å². The van der Waals surface area contributed by atoms with Crippen LogP contribution in [-0.4, -0.2) is 27.3 Å². The van der Waals surface area contributed by atoms with Crippen molar-refractivity contribution in [1.29, 1.82) is 0 Å². The maximum atomic E-state index is 5.97. The lowest BCUT2D eigenvalue weighted by Crippen LogP contribution is -2.36. The molecular formula is C19H25IN6O. The molecule has 2 N–H and O–H groups in total. The third kappa shape index (κ3) is 4.10. The number of fused-ring (bicyclic) bond motifs is 2. The zero-order valence-electron chi connectivity index (χ0n) is 15.7. The Labute approximate surface area is 175 Å². The molecule has 27 heavy (non-hydrogen) atoms. The second kappa shape index (κ2) is 8.73. The fraction of sp³-hybridized carbons (Fsp3) is 0.421. The number of hydrogen-bond acceptors (Lipinski definition) is 4. The first-order valence-corrected chi connectivity index (χ1v) is 9.16. The number of nitrogens with one attached hydrogen (secondary N) is 2. The van der Waals surface area contributed by atoms with Crippen LogP contribution < -0.4 is 10.6 Å². The van der Waals surface area contributed by atoms with E-state index in [9.17, 15) is 0 Å². The van der Waals surface area contributed by atoms with Crippen LogP contribution in [0.3, 0.4) is 0 Å². The SMILES string of the molecule is CCNC(=NCc1nnc2n1CCC2)NCc1oc2ccccc2c1C.I. The van der Waals surface area contributed by atoms with Crippen LogP contribution in [0.15, 0.2) is 33.7 Å². The average molecular weight is 480 g/mol. The quantitative estimate of drug-likeness (QED) is 0.333. The molecule has 1 aliphatic heterocycles. The molecule has 0 aliphatic carbocycles. The van der Waals surface area contributed by atoms with Crippen molar-refractivity contribution in [3.63, 3.8) is 0 Å². The minimum absolute atomic E-state index is 0. The van der Waals surface area contributed by atoms with E-state index in [1.165, 1.54) is 5.56 Å². The third-order valence-corrected chi connectivity index (χ3v) is 4.77. The molecule has 0 saturated carbocycles. The molecule has 2 aromatic heterocycles. The molecule has 1 aliphatic rings. The number of guanidine groups is 1. The van der Waals surface area contributed by atoms with E-state index in [1.807, 2.05) is 18.2 Å². The molecule has 0 bridgehead atoms. The molecule has 0 fully saturated rings. The van der Waals surface area contributed by atoms with Gasteiger partial charge in [-0.05, 0) is 26.3 Å². The standard InChI is InChI=1S/C19H24N6O.HI/c1-3-20-19(22-12-18-24-23-17-9-6-10-25(17)18)21-11-16-13(2)14-7-4-5-8-15(14)26-16;/h4-5,7-8H,3,6,9-12H2,1-2H3,(H2,20,21,22);1H. The molecule has 0 radical (unpaired) electrons. The molecule has 3 aromatic rings. The van der Waals surface area contributed by atoms with Crippen molar-refractivity contribution in [3.05, 3.63) is 47.2 Å². The van der Waals surface area contributed by atoms with Crippen LogP contribution in [0.1, 0.15) is 36.3 Å². The molecule has 0 saturated heterocycles. The minimum atomic E-state index is 0. The highest BCUT2D eigenvalue weighted by atomic mass is 127. The highest BCUT2D eigenvalue weighted by molar-refractivity contribution is 14.0. The number of rotatable bonds is 5. The largest absolute Gasteiger partial charge is 0.459 e. The number of para-hydroxylation sites is 1. The van der Waals surface area contributed by atoms with Crippen molar-refractivity contribution in [1.82, 2.24) is 25.4 Å². The molecule has 3 heterocycles. The van der Waals surface area contributed by atoms with Gasteiger partial charge in [-0.2, -0.15) is 0 Å². The van der Waals surface area contributed by atoms with Gasteiger partial charge in [0.15, 0.2) is 11.8 Å². The van der Waals surface area contributed by atoms with Crippen LogP contribution in [-0.2, 0) is 26.1 Å². The van der Waals surface area contributed by atoms with E-state index < -0.39 is 0 Å². The van der Waals surface area contributed by atoms with E-state index in [1.54, 1.807) is 0 Å². The van der Waals surface area contributed by atoms with Gasteiger partial charge < -0.3 is 19.6 Å². The van der Waals surface area contributed by atoms with Crippen molar-refractivity contribution in [2.75, 3.05) is 6.54 Å². The summed E-state index contributed by atoms with van der Waals surface area (Å²) in [6.45, 7) is 7.04. The highest BCUT2D eigenvalue weighted by Crippen LogP contribution is 2.24. The van der Waals surface area contributed by atoms with Crippen LogP contribution in [0.4, 0.5) is 0 Å². The Hall–Kier alpha value is -2.10. The van der Waals surface area contributed by atoms with Crippen molar-refractivity contribution in [2.45, 2.75) is 46.3 Å². The highest BCUT2D eigenvalue weighted by Gasteiger charge is 2.17. The summed E-state index contributed by atoms with van der Waals surface area (Å²) >= 11 is 0. The first-order valence-electron chi connectivity index (χ1n) is 9.16. The lowest BCUT2D eigenvalue weighted by molar-refractivity contribution is 0.534. The fourth-order valence-electron chi connectivity index (χ4n) is 3.38. The number of aromatic nitrogens is 3. The van der Waals surface area contributed by atoms with Crippen molar-refractivity contribution in [2.24, 2.45) is 4.99 Å². The van der Waals surface area contributed by atoms with E-state index in [0.717, 1.165) is 60.3 Å². The molecule has 8 heteroatoms. The summed E-state index contributed by atoms with van der Waals surface area (Å²) in [5, 5.41) is 16.3. The van der Waals surface area contributed by atoms with E-state index in [-0.39, 0.29) is 24.0 Å². The summed E-state index contributed by atoms with van der Waals surface area (Å²) in [6, 6.07) is 8.11. The molecule has 0 spiro atoms. The van der Waals surface area contributed by atoms with Gasteiger partial charge in [0.05, 0.1) is 6.54 Å². The maximum absolute atomic E-state index is 5.97. The zero-order valence-corrected chi connectivity index (χ0v) is 18.0. The van der Waals surface area contributed by atoms with Gasteiger partial charge in [-0.3, -0.25) is 0 Å². The fourth-order valence-corrected chi connectivity index (χ4v) is 3.38. The van der Waals surface area contributed by atoms with Gasteiger partial charge in [-0.1, -0.05) is 18.2 Å². The van der Waals surface area contributed by atoms with E-state index in [0.29, 0.717) is 13.1 Å². The monoisotopic (exact) mass is 480 g/mol. The van der Waals surface area contributed by atoms with Gasteiger partial charge in [-0.25, -0.2) is 4.99 Å². The van der Waals surface area contributed by atoms with Crippen molar-refractivity contribution >= 4 is 40.9 Å². The first kappa shape index (κ1) is 19.7. The summed E-state index contributed by atoms with van der Waals surface area (Å²) in [4.78, 5) is 4.66. The predicted molar refractivity (Wildman–Crippen MR) is 116 cm³/mol. The minimum Gasteiger partial charge on any atom is -0.459 e. The van der Waals surface area contributed by atoms with Gasteiger partial charge >= 0.3 is 0 Å². The topological polar surface area (TPSA) is 80.3 Å². The maximum Gasteiger partial charge on any atom is 0.192 e. The van der Waals surface area contributed by atoms with Crippen molar-refractivity contribution in [3.8, 4) is 0 Å². The molecular weight excluding hydrogens is 455 g/mol. The van der Waals surface area contributed by atoms with E-state index >= 15 is 0 Å². The van der Waals surface area contributed by atoms with Crippen LogP contribution >= 0.6 is 24.0 Å². The van der Waals surface area contributed by atoms with E-state index in [2.05, 4.69) is 50.3 Å². The smallest absolute Gasteiger partial charge is 0.192 e. The van der Waals surface area contributed by atoms with Gasteiger partial charge in [0.25, 0.3) is 0 Å². The molecule has 4 rings (SSSR count). The Morgan fingerprint density at radius 3 is 2.93 bits per heavy atom. The molecule has 144 valence electrons. The average Bonchev–Trinajstić information content (AvgIpc) is 3.34. The summed E-state index contributed by atoms with van der Waals surface area (Å²) in [5.74, 6) is 3.68. The molecule has 0 amide bonds. The number of aryl methyl sites for hydroxylation is 2. The summed E-state index contributed by atoms with van der Waals surface area (Å²) in [5.41, 5.74) is 2.09. The van der Waals surface area contributed by atoms with Gasteiger partial charge in [0.1, 0.15) is 23.7 Å². The third-order valence-electron chi connectivity index (χ3n) is 4.77. The Morgan fingerprint density at radius 2 is 2.11 bits per heavy atom. The van der Waals surface area contributed by atoms with Crippen LogP contribution in [0.5, 0.6) is 0 Å². The number of aliphatic imine (C=N–C) groups is 1. The van der Waals surface area contributed by atoms with E-state index in [4.69, 9.17) is 4.42 Å². The number of benzene rings is 1. The molecule has 7 nitrogen and oxygen atoms in total. The Morgan fingerprint density at radius 1 is 1.26 bits per heavy atom. The second-order valence-electron chi connectivity index (χ2n) is 6.48. The Balaban J connectivity index is 0.00000210. The van der Waals surface area contributed by atoms with Gasteiger partial charge in [-0.15, -0.1) is 34.2 Å². The number of hydrogen-bond donors (Lipinski definition) is 2. The number of nitrogens with zero attached hydrogens (tertiary/aromatic N) is 4. The summed E-state index contributed by atoms with van der Waals surface area (Å²) < 4.78 is 8.14. The molecule has 0 unspecified atom stereocenters. The predicted octanol–water partition coefficient (Wildman–Crippen LogP) is 3.15. The molecule has 1 aromatic carbocycles. The van der Waals surface area contributed by atoms with Crippen LogP contribution in [0, 0.1) is 6.92 Å². The van der Waals surface area contributed by atoms with Gasteiger partial charge in [0.2, 0.25) is 0 Å². The molecule has 0 atom stereocenters. The first-order chi connectivity index (χ1) is 12.8. The summed E-state index contributed by atoms with van der Waals surface area (Å²) in [6.07, 6.45) is 2.16. The summed E-state index contributed by atoms with van der Waals surface area (Å²) in [7, 11) is 0. The van der Waals surface area contributed by atoms with Crippen LogP contribution in [0.25, 0.3) is 11.0 Å². The number of halogens is 1. The van der Waals surface area contributed by atoms with Crippen molar-refractivity contribution < 1.29 is 4.42 Å². The Bertz CT molecular complexity index is 945. The lowest BCUT2D eigenvalue weighted by atomic mass is 10.1. The zero-order chi connectivity index (χ0) is 17.9.